The zero-order valence-electron chi connectivity index (χ0n) is 16.1. The van der Waals surface area contributed by atoms with Crippen LogP contribution in [0.5, 0.6) is 5.75 Å². The highest BCUT2D eigenvalue weighted by atomic mass is 35.5. The fourth-order valence-electron chi connectivity index (χ4n) is 2.60. The molecular formula is C20H22ClF2N3O2S. The molecule has 1 aromatic heterocycles. The molecular weight excluding hydrogens is 420 g/mol. The summed E-state index contributed by atoms with van der Waals surface area (Å²) in [5.41, 5.74) is 0.0737. The van der Waals surface area contributed by atoms with Crippen molar-refractivity contribution in [3.8, 4) is 5.75 Å². The predicted molar refractivity (Wildman–Crippen MR) is 114 cm³/mol. The van der Waals surface area contributed by atoms with Gasteiger partial charge in [-0.3, -0.25) is 9.69 Å². The van der Waals surface area contributed by atoms with Crippen molar-refractivity contribution >= 4 is 45.0 Å². The summed E-state index contributed by atoms with van der Waals surface area (Å²) in [6.07, 6.45) is 0.148. The largest absolute Gasteiger partial charge is 0.493 e. The number of thiazole rings is 1. The van der Waals surface area contributed by atoms with E-state index in [1.165, 1.54) is 11.0 Å². The van der Waals surface area contributed by atoms with Gasteiger partial charge in [-0.1, -0.05) is 29.5 Å². The highest BCUT2D eigenvalue weighted by molar-refractivity contribution is 7.22. The lowest BCUT2D eigenvalue weighted by Crippen LogP contribution is -2.37. The minimum absolute atomic E-state index is 0. The first-order valence-electron chi connectivity index (χ1n) is 8.82. The molecule has 3 aromatic rings. The number of nitrogens with zero attached hydrogens (tertiary/aromatic N) is 3. The second-order valence-electron chi connectivity index (χ2n) is 6.49. The minimum atomic E-state index is -0.732. The molecule has 1 heterocycles. The number of amides is 1. The van der Waals surface area contributed by atoms with Gasteiger partial charge in [-0.05, 0) is 32.3 Å². The molecule has 0 saturated heterocycles. The van der Waals surface area contributed by atoms with E-state index in [-0.39, 0.29) is 36.9 Å². The zero-order chi connectivity index (χ0) is 20.1. The van der Waals surface area contributed by atoms with E-state index in [4.69, 9.17) is 4.74 Å². The maximum Gasteiger partial charge on any atom is 0.232 e. The lowest BCUT2D eigenvalue weighted by atomic mass is 10.3. The monoisotopic (exact) mass is 441 g/mol. The summed E-state index contributed by atoms with van der Waals surface area (Å²) in [5, 5.41) is 0.353. The molecule has 3 rings (SSSR count). The first kappa shape index (κ1) is 23.0. The van der Waals surface area contributed by atoms with Crippen LogP contribution in [0.4, 0.5) is 13.9 Å². The molecule has 5 nitrogen and oxygen atoms in total. The molecule has 0 fully saturated rings. The number of halogens is 3. The van der Waals surface area contributed by atoms with Crippen molar-refractivity contribution in [2.45, 2.75) is 6.42 Å². The quantitative estimate of drug-likeness (QED) is 0.521. The number of fused-ring (bicyclic) bond motifs is 1. The summed E-state index contributed by atoms with van der Waals surface area (Å²) in [7, 11) is 3.79. The minimum Gasteiger partial charge on any atom is -0.493 e. The first-order chi connectivity index (χ1) is 13.4. The molecule has 0 unspecified atom stereocenters. The normalized spacial score (nSPS) is 10.8. The molecule has 0 bridgehead atoms. The Hall–Kier alpha value is -2.29. The molecule has 156 valence electrons. The van der Waals surface area contributed by atoms with E-state index in [0.717, 1.165) is 17.4 Å². The van der Waals surface area contributed by atoms with Crippen LogP contribution in [0.25, 0.3) is 10.2 Å². The average molecular weight is 442 g/mol. The van der Waals surface area contributed by atoms with E-state index >= 15 is 0 Å². The molecule has 29 heavy (non-hydrogen) atoms. The van der Waals surface area contributed by atoms with Crippen LogP contribution in [-0.2, 0) is 4.79 Å². The average Bonchev–Trinajstić information content (AvgIpc) is 3.06. The third-order valence-electron chi connectivity index (χ3n) is 4.03. The van der Waals surface area contributed by atoms with Gasteiger partial charge in [0.2, 0.25) is 5.91 Å². The summed E-state index contributed by atoms with van der Waals surface area (Å²) in [6.45, 7) is 1.22. The smallest absolute Gasteiger partial charge is 0.232 e. The number of para-hydroxylation sites is 1. The van der Waals surface area contributed by atoms with Gasteiger partial charge in [0.15, 0.2) is 10.9 Å². The maximum atomic E-state index is 14.0. The summed E-state index contributed by atoms with van der Waals surface area (Å²) in [5.74, 6) is -0.891. The SMILES string of the molecule is CN(C)CCN(C(=O)CCOc1ccccc1)c1nc2c(F)cc(F)cc2s1.Cl. The Morgan fingerprint density at radius 3 is 2.55 bits per heavy atom. The van der Waals surface area contributed by atoms with E-state index in [1.54, 1.807) is 0 Å². The fourth-order valence-corrected chi connectivity index (χ4v) is 3.64. The molecule has 0 N–H and O–H groups in total. The number of aromatic nitrogens is 1. The number of likely N-dealkylation sites (N-methyl/N-ethyl adjacent to an activating group) is 1. The van der Waals surface area contributed by atoms with E-state index in [9.17, 15) is 13.6 Å². The van der Waals surface area contributed by atoms with Gasteiger partial charge in [0.05, 0.1) is 17.7 Å². The van der Waals surface area contributed by atoms with Gasteiger partial charge < -0.3 is 9.64 Å². The Bertz CT molecular complexity index is 954. The van der Waals surface area contributed by atoms with Crippen molar-refractivity contribution in [3.63, 3.8) is 0 Å². The Kier molecular flexibility index (Phi) is 8.31. The Labute approximate surface area is 178 Å². The van der Waals surface area contributed by atoms with E-state index < -0.39 is 11.6 Å². The van der Waals surface area contributed by atoms with Gasteiger partial charge >= 0.3 is 0 Å². The standard InChI is InChI=1S/C20H21F2N3O2S.ClH/c1-24(2)9-10-25(18(26)8-11-27-15-6-4-3-5-7-15)20-23-19-16(22)12-14(21)13-17(19)28-20;/h3-7,12-13H,8-11H2,1-2H3;1H. The van der Waals surface area contributed by atoms with Crippen LogP contribution in [0, 0.1) is 11.6 Å². The lowest BCUT2D eigenvalue weighted by molar-refractivity contribution is -0.119. The Morgan fingerprint density at radius 2 is 1.86 bits per heavy atom. The van der Waals surface area contributed by atoms with Gasteiger partial charge in [0.25, 0.3) is 0 Å². The zero-order valence-corrected chi connectivity index (χ0v) is 17.7. The molecule has 0 spiro atoms. The van der Waals surface area contributed by atoms with Crippen LogP contribution in [-0.4, -0.2) is 49.6 Å². The maximum absolute atomic E-state index is 14.0. The number of benzene rings is 2. The number of rotatable bonds is 8. The lowest BCUT2D eigenvalue weighted by Gasteiger charge is -2.22. The third kappa shape index (κ3) is 6.09. The van der Waals surface area contributed by atoms with Crippen molar-refractivity contribution in [2.24, 2.45) is 0 Å². The van der Waals surface area contributed by atoms with Gasteiger partial charge in [0.1, 0.15) is 17.1 Å². The predicted octanol–water partition coefficient (Wildman–Crippen LogP) is 4.36. The summed E-state index contributed by atoms with van der Waals surface area (Å²) < 4.78 is 33.5. The fraction of sp³-hybridized carbons (Fsp3) is 0.300. The number of carbonyl (C=O) groups excluding carboxylic acids is 1. The molecule has 0 aliphatic carbocycles. The van der Waals surface area contributed by atoms with Crippen LogP contribution in [0.1, 0.15) is 6.42 Å². The molecule has 0 aliphatic rings. The number of carbonyl (C=O) groups is 1. The van der Waals surface area contributed by atoms with Crippen LogP contribution < -0.4 is 9.64 Å². The van der Waals surface area contributed by atoms with Gasteiger partial charge in [-0.15, -0.1) is 12.4 Å². The molecule has 1 amide bonds. The van der Waals surface area contributed by atoms with Crippen LogP contribution in [0.2, 0.25) is 0 Å². The van der Waals surface area contributed by atoms with E-state index in [2.05, 4.69) is 4.98 Å². The molecule has 0 atom stereocenters. The van der Waals surface area contributed by atoms with Crippen molar-refractivity contribution < 1.29 is 18.3 Å². The number of hydrogen-bond acceptors (Lipinski definition) is 5. The van der Waals surface area contributed by atoms with Gasteiger partial charge in [-0.25, -0.2) is 13.8 Å². The highest BCUT2D eigenvalue weighted by Gasteiger charge is 2.21. The number of anilines is 1. The van der Waals surface area contributed by atoms with Gasteiger partial charge in [0, 0.05) is 19.2 Å². The van der Waals surface area contributed by atoms with Crippen LogP contribution in [0.3, 0.4) is 0 Å². The second kappa shape index (κ2) is 10.5. The molecule has 0 radical (unpaired) electrons. The number of ether oxygens (including phenoxy) is 1. The third-order valence-corrected chi connectivity index (χ3v) is 5.06. The number of hydrogen-bond donors (Lipinski definition) is 0. The highest BCUT2D eigenvalue weighted by Crippen LogP contribution is 2.31. The Morgan fingerprint density at radius 1 is 1.14 bits per heavy atom. The van der Waals surface area contributed by atoms with Crippen molar-refractivity contribution in [3.05, 3.63) is 54.1 Å². The van der Waals surface area contributed by atoms with Crippen LogP contribution in [0.15, 0.2) is 42.5 Å². The van der Waals surface area contributed by atoms with Gasteiger partial charge in [-0.2, -0.15) is 0 Å². The van der Waals surface area contributed by atoms with Crippen molar-refractivity contribution in [1.29, 1.82) is 0 Å². The molecule has 9 heteroatoms. The van der Waals surface area contributed by atoms with E-state index in [0.29, 0.717) is 28.7 Å². The second-order valence-corrected chi connectivity index (χ2v) is 7.50. The molecule has 2 aromatic carbocycles. The summed E-state index contributed by atoms with van der Waals surface area (Å²) >= 11 is 1.10. The van der Waals surface area contributed by atoms with Crippen molar-refractivity contribution in [1.82, 2.24) is 9.88 Å². The molecule has 0 aliphatic heterocycles. The van der Waals surface area contributed by atoms with E-state index in [1.807, 2.05) is 49.3 Å². The Balaban J connectivity index is 0.00000300. The molecule has 0 saturated carbocycles. The summed E-state index contributed by atoms with van der Waals surface area (Å²) in [6, 6.07) is 11.3. The first-order valence-corrected chi connectivity index (χ1v) is 9.64. The topological polar surface area (TPSA) is 45.7 Å². The van der Waals surface area contributed by atoms with Crippen LogP contribution >= 0.6 is 23.7 Å². The van der Waals surface area contributed by atoms with Crippen molar-refractivity contribution in [2.75, 3.05) is 38.7 Å². The summed E-state index contributed by atoms with van der Waals surface area (Å²) in [4.78, 5) is 20.5.